The topological polar surface area (TPSA) is 54.7 Å². The van der Waals surface area contributed by atoms with Crippen molar-refractivity contribution in [3.8, 4) is 11.6 Å². The smallest absolute Gasteiger partial charge is 0.202 e. The van der Waals surface area contributed by atoms with Gasteiger partial charge in [0.1, 0.15) is 0 Å². The van der Waals surface area contributed by atoms with Gasteiger partial charge in [0.05, 0.1) is 5.69 Å². The van der Waals surface area contributed by atoms with Crippen LogP contribution in [0.2, 0.25) is 0 Å². The van der Waals surface area contributed by atoms with Crippen LogP contribution in [0.25, 0.3) is 11.6 Å². The molecule has 0 amide bonds. The van der Waals surface area contributed by atoms with Gasteiger partial charge in [0.25, 0.3) is 0 Å². The zero-order chi connectivity index (χ0) is 8.55. The van der Waals surface area contributed by atoms with E-state index in [2.05, 4.69) is 15.1 Å². The summed E-state index contributed by atoms with van der Waals surface area (Å²) in [5, 5.41) is 3.77. The number of aryl methyl sites for hydroxylation is 2. The summed E-state index contributed by atoms with van der Waals surface area (Å²) in [6.07, 6.45) is 1.76. The summed E-state index contributed by atoms with van der Waals surface area (Å²) in [5.41, 5.74) is 1.87. The van der Waals surface area contributed by atoms with Crippen LogP contribution in [0, 0.1) is 13.8 Å². The number of nitrogens with zero attached hydrogens (tertiary/aromatic N) is 2. The molecule has 0 unspecified atom stereocenters. The van der Waals surface area contributed by atoms with Gasteiger partial charge in [-0.25, -0.2) is 4.98 Å². The first-order chi connectivity index (χ1) is 5.75. The van der Waals surface area contributed by atoms with Crippen molar-refractivity contribution < 1.29 is 4.52 Å². The van der Waals surface area contributed by atoms with E-state index in [1.165, 1.54) is 0 Å². The molecular weight excluding hydrogens is 154 g/mol. The molecular formula is C8H9N3O. The summed E-state index contributed by atoms with van der Waals surface area (Å²) >= 11 is 0. The molecule has 0 fully saturated rings. The number of imidazole rings is 1. The van der Waals surface area contributed by atoms with Gasteiger partial charge in [0.2, 0.25) is 5.76 Å². The molecule has 0 spiro atoms. The minimum Gasteiger partial charge on any atom is -0.353 e. The van der Waals surface area contributed by atoms with Crippen LogP contribution in [0.1, 0.15) is 11.4 Å². The first-order valence-electron chi connectivity index (χ1n) is 3.71. The fourth-order valence-electron chi connectivity index (χ4n) is 1.01. The van der Waals surface area contributed by atoms with Gasteiger partial charge >= 0.3 is 0 Å². The van der Waals surface area contributed by atoms with Crippen molar-refractivity contribution in [3.63, 3.8) is 0 Å². The number of nitrogens with one attached hydrogen (secondary N) is 1. The van der Waals surface area contributed by atoms with Crippen molar-refractivity contribution in [2.24, 2.45) is 0 Å². The van der Waals surface area contributed by atoms with Gasteiger partial charge < -0.3 is 9.51 Å². The van der Waals surface area contributed by atoms with Gasteiger partial charge in [-0.15, -0.1) is 0 Å². The van der Waals surface area contributed by atoms with Gasteiger partial charge in [-0.3, -0.25) is 0 Å². The molecule has 0 aromatic carbocycles. The third-order valence-electron chi connectivity index (χ3n) is 1.56. The Hall–Kier alpha value is -1.58. The normalized spacial score (nSPS) is 10.5. The molecule has 0 aliphatic carbocycles. The number of hydrogen-bond donors (Lipinski definition) is 1. The average Bonchev–Trinajstić information content (AvgIpc) is 2.58. The highest BCUT2D eigenvalue weighted by Gasteiger charge is 2.06. The fraction of sp³-hybridized carbons (Fsp3) is 0.250. The maximum Gasteiger partial charge on any atom is 0.202 e. The van der Waals surface area contributed by atoms with Crippen molar-refractivity contribution in [2.75, 3.05) is 0 Å². The molecule has 0 bridgehead atoms. The van der Waals surface area contributed by atoms with E-state index in [0.717, 1.165) is 17.2 Å². The molecule has 0 aliphatic heterocycles. The summed E-state index contributed by atoms with van der Waals surface area (Å²) in [6.45, 7) is 3.82. The maximum absolute atomic E-state index is 5.02. The summed E-state index contributed by atoms with van der Waals surface area (Å²) < 4.78 is 5.02. The SMILES string of the molecule is Cc1cc(-c2ncc(C)[nH]2)on1. The fourth-order valence-corrected chi connectivity index (χ4v) is 1.01. The van der Waals surface area contributed by atoms with Gasteiger partial charge in [-0.05, 0) is 13.8 Å². The van der Waals surface area contributed by atoms with Gasteiger partial charge in [-0.1, -0.05) is 5.16 Å². The second-order valence-electron chi connectivity index (χ2n) is 2.75. The monoisotopic (exact) mass is 163 g/mol. The van der Waals surface area contributed by atoms with E-state index in [0.29, 0.717) is 5.76 Å². The lowest BCUT2D eigenvalue weighted by molar-refractivity contribution is 0.425. The van der Waals surface area contributed by atoms with Crippen LogP contribution in [0.3, 0.4) is 0 Å². The van der Waals surface area contributed by atoms with Gasteiger partial charge in [0.15, 0.2) is 5.82 Å². The summed E-state index contributed by atoms with van der Waals surface area (Å²) in [5.74, 6) is 1.41. The minimum absolute atomic E-state index is 0.681. The Morgan fingerprint density at radius 3 is 2.75 bits per heavy atom. The molecule has 2 aromatic heterocycles. The third kappa shape index (κ3) is 1.11. The largest absolute Gasteiger partial charge is 0.353 e. The van der Waals surface area contributed by atoms with Crippen molar-refractivity contribution in [1.29, 1.82) is 0 Å². The molecule has 0 saturated carbocycles. The quantitative estimate of drug-likeness (QED) is 0.695. The van der Waals surface area contributed by atoms with Gasteiger partial charge in [-0.2, -0.15) is 0 Å². The van der Waals surface area contributed by atoms with E-state index in [4.69, 9.17) is 4.52 Å². The summed E-state index contributed by atoms with van der Waals surface area (Å²) in [4.78, 5) is 7.17. The maximum atomic E-state index is 5.02. The molecule has 4 nitrogen and oxygen atoms in total. The zero-order valence-electron chi connectivity index (χ0n) is 6.96. The molecule has 0 radical (unpaired) electrons. The van der Waals surface area contributed by atoms with E-state index in [9.17, 15) is 0 Å². The number of H-pyrrole nitrogens is 1. The Balaban J connectivity index is 2.43. The molecule has 4 heteroatoms. The first kappa shape index (κ1) is 7.09. The first-order valence-corrected chi connectivity index (χ1v) is 3.71. The van der Waals surface area contributed by atoms with Crippen molar-refractivity contribution in [1.82, 2.24) is 15.1 Å². The molecule has 1 N–H and O–H groups in total. The highest BCUT2D eigenvalue weighted by atomic mass is 16.5. The molecule has 2 aromatic rings. The standard InChI is InChI=1S/C8H9N3O/c1-5-3-7(12-11-5)8-9-4-6(2)10-8/h3-4H,1-2H3,(H,9,10). The lowest BCUT2D eigenvalue weighted by atomic mass is 10.4. The van der Waals surface area contributed by atoms with Crippen LogP contribution in [0.15, 0.2) is 16.8 Å². The molecule has 62 valence electrons. The predicted molar refractivity (Wildman–Crippen MR) is 43.6 cm³/mol. The van der Waals surface area contributed by atoms with Gasteiger partial charge in [0, 0.05) is 18.0 Å². The molecule has 12 heavy (non-hydrogen) atoms. The van der Waals surface area contributed by atoms with Crippen molar-refractivity contribution in [3.05, 3.63) is 23.7 Å². The van der Waals surface area contributed by atoms with Crippen molar-refractivity contribution >= 4 is 0 Å². The second-order valence-corrected chi connectivity index (χ2v) is 2.75. The zero-order valence-corrected chi connectivity index (χ0v) is 6.96. The summed E-state index contributed by atoms with van der Waals surface area (Å²) in [7, 11) is 0. The summed E-state index contributed by atoms with van der Waals surface area (Å²) in [6, 6.07) is 1.85. The van der Waals surface area contributed by atoms with Crippen LogP contribution in [0.5, 0.6) is 0 Å². The van der Waals surface area contributed by atoms with Crippen LogP contribution in [-0.2, 0) is 0 Å². The van der Waals surface area contributed by atoms with Crippen LogP contribution in [-0.4, -0.2) is 15.1 Å². The third-order valence-corrected chi connectivity index (χ3v) is 1.56. The number of aromatic amines is 1. The predicted octanol–water partition coefficient (Wildman–Crippen LogP) is 1.68. The second kappa shape index (κ2) is 2.48. The van der Waals surface area contributed by atoms with Crippen molar-refractivity contribution in [2.45, 2.75) is 13.8 Å². The highest BCUT2D eigenvalue weighted by molar-refractivity contribution is 5.46. The van der Waals surface area contributed by atoms with Crippen LogP contribution < -0.4 is 0 Å². The van der Waals surface area contributed by atoms with E-state index < -0.39 is 0 Å². The van der Waals surface area contributed by atoms with E-state index >= 15 is 0 Å². The Morgan fingerprint density at radius 1 is 1.42 bits per heavy atom. The molecule has 0 aliphatic rings. The Labute approximate surface area is 69.6 Å². The minimum atomic E-state index is 0.681. The van der Waals surface area contributed by atoms with E-state index in [1.807, 2.05) is 19.9 Å². The lowest BCUT2D eigenvalue weighted by Crippen LogP contribution is -1.75. The molecule has 2 rings (SSSR count). The Bertz CT molecular complexity index is 350. The number of hydrogen-bond acceptors (Lipinski definition) is 3. The average molecular weight is 163 g/mol. The molecule has 0 atom stereocenters. The van der Waals surface area contributed by atoms with E-state index in [1.54, 1.807) is 6.20 Å². The molecule has 2 heterocycles. The Kier molecular flexibility index (Phi) is 1.46. The number of rotatable bonds is 1. The number of aromatic nitrogens is 3. The Morgan fingerprint density at radius 2 is 2.25 bits per heavy atom. The highest BCUT2D eigenvalue weighted by Crippen LogP contribution is 2.15. The van der Waals surface area contributed by atoms with E-state index in [-0.39, 0.29) is 0 Å². The van der Waals surface area contributed by atoms with Crippen LogP contribution >= 0.6 is 0 Å². The molecule has 0 saturated heterocycles. The van der Waals surface area contributed by atoms with Crippen LogP contribution in [0.4, 0.5) is 0 Å². The lowest BCUT2D eigenvalue weighted by Gasteiger charge is -1.84.